The number of hydrogen-bond acceptors (Lipinski definition) is 3. The first-order valence-corrected chi connectivity index (χ1v) is 6.39. The summed E-state index contributed by atoms with van der Waals surface area (Å²) in [5.41, 5.74) is 6.40. The zero-order valence-electron chi connectivity index (χ0n) is 10.2. The van der Waals surface area contributed by atoms with Crippen LogP contribution in [-0.4, -0.2) is 20.3 Å². The minimum absolute atomic E-state index is 0.0310. The third-order valence-electron chi connectivity index (χ3n) is 3.49. The van der Waals surface area contributed by atoms with E-state index in [4.69, 9.17) is 5.73 Å². The van der Waals surface area contributed by atoms with Crippen LogP contribution in [-0.2, 0) is 13.0 Å². The minimum atomic E-state index is -0.0310. The van der Waals surface area contributed by atoms with Gasteiger partial charge in [-0.15, -0.1) is 0 Å². The lowest BCUT2D eigenvalue weighted by atomic mass is 9.80. The Balaban J connectivity index is 2.04. The van der Waals surface area contributed by atoms with Gasteiger partial charge in [0, 0.05) is 18.5 Å². The van der Waals surface area contributed by atoms with Crippen molar-refractivity contribution in [2.45, 2.75) is 64.0 Å². The molecule has 0 amide bonds. The molecule has 0 bridgehead atoms. The molecule has 1 heterocycles. The molecule has 4 nitrogen and oxygen atoms in total. The number of aryl methyl sites for hydroxylation is 1. The van der Waals surface area contributed by atoms with Gasteiger partial charge in [-0.3, -0.25) is 4.68 Å². The molecule has 1 aliphatic rings. The maximum absolute atomic E-state index is 6.43. The van der Waals surface area contributed by atoms with Crippen molar-refractivity contribution in [2.75, 3.05) is 0 Å². The van der Waals surface area contributed by atoms with Gasteiger partial charge in [0.2, 0.25) is 0 Å². The van der Waals surface area contributed by atoms with Gasteiger partial charge < -0.3 is 5.73 Å². The van der Waals surface area contributed by atoms with Gasteiger partial charge in [-0.2, -0.15) is 5.10 Å². The summed E-state index contributed by atoms with van der Waals surface area (Å²) in [5.74, 6) is 1.06. The Bertz CT molecular complexity index is 326. The zero-order chi connectivity index (χ0) is 11.4. The lowest BCUT2D eigenvalue weighted by Gasteiger charge is -2.33. The van der Waals surface area contributed by atoms with Gasteiger partial charge in [-0.25, -0.2) is 4.98 Å². The third kappa shape index (κ3) is 2.61. The Morgan fingerprint density at radius 3 is 2.81 bits per heavy atom. The second kappa shape index (κ2) is 4.95. The van der Waals surface area contributed by atoms with Crippen molar-refractivity contribution in [1.29, 1.82) is 0 Å². The molecule has 16 heavy (non-hydrogen) atoms. The largest absolute Gasteiger partial charge is 0.325 e. The molecule has 0 unspecified atom stereocenters. The van der Waals surface area contributed by atoms with Gasteiger partial charge in [0.15, 0.2) is 0 Å². The maximum atomic E-state index is 6.43. The summed E-state index contributed by atoms with van der Waals surface area (Å²) in [7, 11) is 0. The zero-order valence-corrected chi connectivity index (χ0v) is 10.2. The molecule has 1 saturated carbocycles. The van der Waals surface area contributed by atoms with Gasteiger partial charge in [-0.1, -0.05) is 26.2 Å². The van der Waals surface area contributed by atoms with E-state index in [0.29, 0.717) is 0 Å². The minimum Gasteiger partial charge on any atom is -0.325 e. The third-order valence-corrected chi connectivity index (χ3v) is 3.49. The summed E-state index contributed by atoms with van der Waals surface area (Å²) in [4.78, 5) is 4.35. The molecule has 0 atom stereocenters. The number of nitrogens with zero attached hydrogens (tertiary/aromatic N) is 3. The Morgan fingerprint density at radius 2 is 2.12 bits per heavy atom. The van der Waals surface area contributed by atoms with E-state index in [-0.39, 0.29) is 5.54 Å². The Kier molecular flexibility index (Phi) is 3.59. The van der Waals surface area contributed by atoms with Crippen LogP contribution in [0.25, 0.3) is 0 Å². The summed E-state index contributed by atoms with van der Waals surface area (Å²) in [6, 6.07) is 0. The van der Waals surface area contributed by atoms with Gasteiger partial charge >= 0.3 is 0 Å². The first kappa shape index (κ1) is 11.6. The van der Waals surface area contributed by atoms with Crippen molar-refractivity contribution in [1.82, 2.24) is 14.8 Å². The molecule has 1 aromatic heterocycles. The fourth-order valence-electron chi connectivity index (χ4n) is 2.57. The van der Waals surface area contributed by atoms with E-state index < -0.39 is 0 Å². The van der Waals surface area contributed by atoms with E-state index in [2.05, 4.69) is 17.0 Å². The fourth-order valence-corrected chi connectivity index (χ4v) is 2.57. The van der Waals surface area contributed by atoms with Crippen molar-refractivity contribution in [3.8, 4) is 0 Å². The first-order chi connectivity index (χ1) is 7.73. The number of nitrogens with two attached hydrogens (primary N) is 1. The normalized spacial score (nSPS) is 19.9. The molecule has 1 aromatic rings. The highest BCUT2D eigenvalue weighted by Gasteiger charge is 2.29. The molecule has 0 aromatic carbocycles. The fraction of sp³-hybridized carbons (Fsp3) is 0.833. The highest BCUT2D eigenvalue weighted by molar-refractivity contribution is 4.98. The van der Waals surface area contributed by atoms with Crippen LogP contribution >= 0.6 is 0 Å². The predicted molar refractivity (Wildman–Crippen MR) is 64.0 cm³/mol. The summed E-state index contributed by atoms with van der Waals surface area (Å²) >= 11 is 0. The van der Waals surface area contributed by atoms with E-state index >= 15 is 0 Å². The Labute approximate surface area is 97.2 Å². The van der Waals surface area contributed by atoms with Crippen LogP contribution in [0.5, 0.6) is 0 Å². The molecule has 90 valence electrons. The van der Waals surface area contributed by atoms with Crippen LogP contribution in [0, 0.1) is 0 Å². The molecule has 2 N–H and O–H groups in total. The molecule has 4 heteroatoms. The second-order valence-corrected chi connectivity index (χ2v) is 5.00. The summed E-state index contributed by atoms with van der Waals surface area (Å²) in [6.45, 7) is 3.11. The van der Waals surface area contributed by atoms with E-state index in [9.17, 15) is 0 Å². The van der Waals surface area contributed by atoms with Crippen LogP contribution in [0.4, 0.5) is 0 Å². The lowest BCUT2D eigenvalue weighted by Crippen LogP contribution is -2.44. The summed E-state index contributed by atoms with van der Waals surface area (Å²) in [6.07, 6.45) is 9.74. The van der Waals surface area contributed by atoms with Gasteiger partial charge in [0.1, 0.15) is 12.2 Å². The van der Waals surface area contributed by atoms with Crippen molar-refractivity contribution in [2.24, 2.45) is 5.73 Å². The lowest BCUT2D eigenvalue weighted by molar-refractivity contribution is 0.285. The van der Waals surface area contributed by atoms with Crippen molar-refractivity contribution in [3.63, 3.8) is 0 Å². The highest BCUT2D eigenvalue weighted by atomic mass is 15.3. The van der Waals surface area contributed by atoms with Crippen LogP contribution < -0.4 is 5.73 Å². The van der Waals surface area contributed by atoms with Crippen LogP contribution in [0.1, 0.15) is 51.3 Å². The van der Waals surface area contributed by atoms with Crippen LogP contribution in [0.2, 0.25) is 0 Å². The molecule has 0 saturated heterocycles. The molecule has 2 rings (SSSR count). The van der Waals surface area contributed by atoms with Crippen molar-refractivity contribution >= 4 is 0 Å². The Morgan fingerprint density at radius 1 is 1.38 bits per heavy atom. The topological polar surface area (TPSA) is 56.7 Å². The first-order valence-electron chi connectivity index (χ1n) is 6.39. The SMILES string of the molecule is CCCn1ncnc1CC1(N)CCCCC1. The van der Waals surface area contributed by atoms with Gasteiger partial charge in [0.05, 0.1) is 0 Å². The number of aromatic nitrogens is 3. The van der Waals surface area contributed by atoms with Crippen LogP contribution in [0.3, 0.4) is 0 Å². The molecule has 1 fully saturated rings. The molecule has 0 radical (unpaired) electrons. The van der Waals surface area contributed by atoms with E-state index in [0.717, 1.165) is 38.1 Å². The van der Waals surface area contributed by atoms with Gasteiger partial charge in [-0.05, 0) is 19.3 Å². The molecule has 0 spiro atoms. The molecular weight excluding hydrogens is 200 g/mol. The average Bonchev–Trinajstić information content (AvgIpc) is 2.67. The number of hydrogen-bond donors (Lipinski definition) is 1. The standard InChI is InChI=1S/C12H22N4/c1-2-8-16-11(14-10-15-16)9-12(13)6-4-3-5-7-12/h10H,2-9,13H2,1H3. The molecule has 1 aliphatic carbocycles. The number of rotatable bonds is 4. The van der Waals surface area contributed by atoms with Crippen molar-refractivity contribution < 1.29 is 0 Å². The Hall–Kier alpha value is -0.900. The average molecular weight is 222 g/mol. The predicted octanol–water partition coefficient (Wildman–Crippen LogP) is 1.89. The summed E-state index contributed by atoms with van der Waals surface area (Å²) < 4.78 is 2.00. The molecular formula is C12H22N4. The summed E-state index contributed by atoms with van der Waals surface area (Å²) in [5, 5.41) is 4.25. The molecule has 0 aliphatic heterocycles. The second-order valence-electron chi connectivity index (χ2n) is 5.00. The van der Waals surface area contributed by atoms with Crippen molar-refractivity contribution in [3.05, 3.63) is 12.2 Å². The van der Waals surface area contributed by atoms with E-state index in [1.54, 1.807) is 6.33 Å². The smallest absolute Gasteiger partial charge is 0.138 e. The van der Waals surface area contributed by atoms with Gasteiger partial charge in [0.25, 0.3) is 0 Å². The van der Waals surface area contributed by atoms with E-state index in [1.807, 2.05) is 4.68 Å². The highest BCUT2D eigenvalue weighted by Crippen LogP contribution is 2.28. The van der Waals surface area contributed by atoms with E-state index in [1.165, 1.54) is 19.3 Å². The maximum Gasteiger partial charge on any atom is 0.138 e. The quantitative estimate of drug-likeness (QED) is 0.846. The monoisotopic (exact) mass is 222 g/mol. The van der Waals surface area contributed by atoms with Crippen LogP contribution in [0.15, 0.2) is 6.33 Å².